The first-order valence-corrected chi connectivity index (χ1v) is 11.3. The Balaban J connectivity index is 1.64. The molecule has 5 nitrogen and oxygen atoms in total. The van der Waals surface area contributed by atoms with E-state index in [1.165, 1.54) is 0 Å². The first kappa shape index (κ1) is 21.4. The van der Waals surface area contributed by atoms with E-state index in [0.717, 1.165) is 40.2 Å². The summed E-state index contributed by atoms with van der Waals surface area (Å²) < 4.78 is 11.3. The summed E-state index contributed by atoms with van der Waals surface area (Å²) in [6.07, 6.45) is 1.16. The molecule has 1 aliphatic carbocycles. The summed E-state index contributed by atoms with van der Waals surface area (Å²) in [5.74, 6) is 1.45. The molecule has 6 heteroatoms. The van der Waals surface area contributed by atoms with Crippen LogP contribution in [0.1, 0.15) is 35.9 Å². The number of fused-ring (bicyclic) bond motifs is 1. The number of halogens is 1. The number of ketones is 1. The fraction of sp³-hybridized carbons (Fsp3) is 0.222. The molecule has 1 aliphatic heterocycles. The summed E-state index contributed by atoms with van der Waals surface area (Å²) in [5.41, 5.74) is 5.52. The summed E-state index contributed by atoms with van der Waals surface area (Å²) in [6, 6.07) is 21.2. The predicted octanol–water partition coefficient (Wildman–Crippen LogP) is 6.34. The van der Waals surface area contributed by atoms with E-state index < -0.39 is 0 Å². The lowest BCUT2D eigenvalue weighted by atomic mass is 9.78. The number of hydrogen-bond acceptors (Lipinski definition) is 5. The van der Waals surface area contributed by atoms with Crippen molar-refractivity contribution in [3.8, 4) is 11.5 Å². The zero-order valence-electron chi connectivity index (χ0n) is 18.5. The zero-order chi connectivity index (χ0) is 22.9. The average molecular weight is 461 g/mol. The van der Waals surface area contributed by atoms with Crippen molar-refractivity contribution in [3.63, 3.8) is 0 Å². The Morgan fingerprint density at radius 2 is 1.64 bits per heavy atom. The van der Waals surface area contributed by atoms with Gasteiger partial charge in [-0.05, 0) is 48.2 Å². The number of Topliss-reactive ketones (excluding diaryl/α,β-unsaturated/α-hetero) is 1. The zero-order valence-corrected chi connectivity index (χ0v) is 19.3. The van der Waals surface area contributed by atoms with E-state index in [4.69, 9.17) is 21.1 Å². The molecule has 2 atom stereocenters. The second-order valence-corrected chi connectivity index (χ2v) is 8.74. The van der Waals surface area contributed by atoms with Gasteiger partial charge in [-0.3, -0.25) is 4.79 Å². The van der Waals surface area contributed by atoms with Crippen LogP contribution in [0, 0.1) is 0 Å². The van der Waals surface area contributed by atoms with E-state index in [1.807, 2.05) is 66.7 Å². The molecule has 2 aliphatic rings. The number of para-hydroxylation sites is 3. The van der Waals surface area contributed by atoms with Gasteiger partial charge in [-0.2, -0.15) is 0 Å². The van der Waals surface area contributed by atoms with Crippen LogP contribution in [0.5, 0.6) is 11.5 Å². The molecule has 0 unspecified atom stereocenters. The molecule has 0 saturated heterocycles. The number of hydrogen-bond donors (Lipinski definition) is 2. The molecule has 33 heavy (non-hydrogen) atoms. The number of allylic oxidation sites excluding steroid dienone is 1. The second-order valence-electron chi connectivity index (χ2n) is 8.30. The number of ether oxygens (including phenoxy) is 2. The van der Waals surface area contributed by atoms with E-state index >= 15 is 0 Å². The van der Waals surface area contributed by atoms with E-state index in [2.05, 4.69) is 10.6 Å². The summed E-state index contributed by atoms with van der Waals surface area (Å²) in [4.78, 5) is 13.7. The van der Waals surface area contributed by atoms with Crippen LogP contribution in [0.15, 0.2) is 78.0 Å². The van der Waals surface area contributed by atoms with Gasteiger partial charge in [-0.25, -0.2) is 0 Å². The van der Waals surface area contributed by atoms with E-state index in [0.29, 0.717) is 22.9 Å². The standard InChI is InChI=1S/C27H25ClN2O3/c1-32-24-9-5-6-19(27(24)33-2)26-25-22(29-20-7-3-4-8-21(20)30-26)14-17(15-23(25)31)16-10-12-18(28)13-11-16/h3-13,17,26,29-30H,14-15H2,1-2H3/t17-,26-/m1/s1. The monoisotopic (exact) mass is 460 g/mol. The van der Waals surface area contributed by atoms with E-state index in [9.17, 15) is 4.79 Å². The largest absolute Gasteiger partial charge is 0.493 e. The number of methoxy groups -OCH3 is 2. The van der Waals surface area contributed by atoms with Gasteiger partial charge in [0.2, 0.25) is 0 Å². The summed E-state index contributed by atoms with van der Waals surface area (Å²) >= 11 is 6.09. The minimum Gasteiger partial charge on any atom is -0.493 e. The molecule has 168 valence electrons. The summed E-state index contributed by atoms with van der Waals surface area (Å²) in [7, 11) is 3.24. The van der Waals surface area contributed by atoms with Crippen LogP contribution >= 0.6 is 11.6 Å². The molecule has 2 N–H and O–H groups in total. The molecular weight excluding hydrogens is 436 g/mol. The van der Waals surface area contributed by atoms with Gasteiger partial charge in [0.15, 0.2) is 17.3 Å². The Morgan fingerprint density at radius 1 is 0.879 bits per heavy atom. The number of carbonyl (C=O) groups excluding carboxylic acids is 1. The minimum absolute atomic E-state index is 0.0825. The summed E-state index contributed by atoms with van der Waals surface area (Å²) in [6.45, 7) is 0. The Kier molecular flexibility index (Phi) is 5.73. The van der Waals surface area contributed by atoms with Gasteiger partial charge in [0, 0.05) is 28.3 Å². The number of carbonyl (C=O) groups is 1. The van der Waals surface area contributed by atoms with Gasteiger partial charge in [0.05, 0.1) is 31.6 Å². The van der Waals surface area contributed by atoms with Gasteiger partial charge in [-0.1, -0.05) is 48.0 Å². The smallest absolute Gasteiger partial charge is 0.166 e. The first-order valence-electron chi connectivity index (χ1n) is 10.9. The van der Waals surface area contributed by atoms with Gasteiger partial charge < -0.3 is 20.1 Å². The number of anilines is 2. The van der Waals surface area contributed by atoms with E-state index in [-0.39, 0.29) is 17.7 Å². The van der Waals surface area contributed by atoms with E-state index in [1.54, 1.807) is 14.2 Å². The van der Waals surface area contributed by atoms with Crippen LogP contribution in [0.4, 0.5) is 11.4 Å². The normalized spacial score (nSPS) is 19.5. The molecule has 5 rings (SSSR count). The molecule has 0 bridgehead atoms. The maximum atomic E-state index is 13.7. The first-order chi connectivity index (χ1) is 16.1. The number of rotatable bonds is 4. The van der Waals surface area contributed by atoms with Gasteiger partial charge >= 0.3 is 0 Å². The number of nitrogens with one attached hydrogen (secondary N) is 2. The lowest BCUT2D eigenvalue weighted by Gasteiger charge is -2.30. The van der Waals surface area contributed by atoms with Crippen molar-refractivity contribution in [1.29, 1.82) is 0 Å². The fourth-order valence-corrected chi connectivity index (χ4v) is 4.96. The highest BCUT2D eigenvalue weighted by atomic mass is 35.5. The third-order valence-electron chi connectivity index (χ3n) is 6.39. The molecule has 0 fully saturated rings. The molecule has 1 heterocycles. The van der Waals surface area contributed by atoms with Gasteiger partial charge in [0.25, 0.3) is 0 Å². The molecule has 3 aromatic carbocycles. The molecular formula is C27H25ClN2O3. The third kappa shape index (κ3) is 3.93. The van der Waals surface area contributed by atoms with Crippen LogP contribution in [0.2, 0.25) is 5.02 Å². The molecule has 0 spiro atoms. The molecule has 0 radical (unpaired) electrons. The Morgan fingerprint density at radius 3 is 2.36 bits per heavy atom. The summed E-state index contributed by atoms with van der Waals surface area (Å²) in [5, 5.41) is 7.86. The Hall–Kier alpha value is -3.44. The lowest BCUT2D eigenvalue weighted by Crippen LogP contribution is -2.27. The molecule has 0 saturated carbocycles. The van der Waals surface area contributed by atoms with Crippen molar-refractivity contribution >= 4 is 28.8 Å². The van der Waals surface area contributed by atoms with Crippen LogP contribution < -0.4 is 20.1 Å². The maximum absolute atomic E-state index is 13.7. The Bertz CT molecular complexity index is 1240. The maximum Gasteiger partial charge on any atom is 0.166 e. The van der Waals surface area contributed by atoms with Gasteiger partial charge in [-0.15, -0.1) is 0 Å². The third-order valence-corrected chi connectivity index (χ3v) is 6.65. The SMILES string of the molecule is COc1cccc([C@H]2Nc3ccccc3NC3=C2C(=O)C[C@H](c2ccc(Cl)cc2)C3)c1OC. The van der Waals surface area contributed by atoms with Crippen molar-refractivity contribution in [2.45, 2.75) is 24.8 Å². The van der Waals surface area contributed by atoms with Gasteiger partial charge in [0.1, 0.15) is 0 Å². The number of benzene rings is 3. The minimum atomic E-state index is -0.375. The highest BCUT2D eigenvalue weighted by molar-refractivity contribution is 6.30. The highest BCUT2D eigenvalue weighted by Gasteiger charge is 2.37. The Labute approximate surface area is 198 Å². The van der Waals surface area contributed by atoms with Crippen molar-refractivity contribution in [3.05, 3.63) is 94.1 Å². The second kappa shape index (κ2) is 8.83. The van der Waals surface area contributed by atoms with Crippen molar-refractivity contribution in [2.75, 3.05) is 24.9 Å². The molecule has 3 aromatic rings. The highest BCUT2D eigenvalue weighted by Crippen LogP contribution is 2.47. The average Bonchev–Trinajstić information content (AvgIpc) is 3.00. The predicted molar refractivity (Wildman–Crippen MR) is 131 cm³/mol. The molecule has 0 aromatic heterocycles. The van der Waals surface area contributed by atoms with Crippen molar-refractivity contribution < 1.29 is 14.3 Å². The van der Waals surface area contributed by atoms with Crippen molar-refractivity contribution in [1.82, 2.24) is 0 Å². The van der Waals surface area contributed by atoms with Crippen LogP contribution in [0.25, 0.3) is 0 Å². The quantitative estimate of drug-likeness (QED) is 0.476. The van der Waals surface area contributed by atoms with Crippen LogP contribution in [0.3, 0.4) is 0 Å². The van der Waals surface area contributed by atoms with Crippen LogP contribution in [-0.2, 0) is 4.79 Å². The fourth-order valence-electron chi connectivity index (χ4n) is 4.84. The molecule has 0 amide bonds. The topological polar surface area (TPSA) is 59.6 Å². The lowest BCUT2D eigenvalue weighted by molar-refractivity contribution is -0.116. The van der Waals surface area contributed by atoms with Crippen molar-refractivity contribution in [2.24, 2.45) is 0 Å². The van der Waals surface area contributed by atoms with Crippen LogP contribution in [-0.4, -0.2) is 20.0 Å².